The van der Waals surface area contributed by atoms with Gasteiger partial charge in [-0.05, 0) is 54.1 Å². The molecule has 1 heterocycles. The van der Waals surface area contributed by atoms with Crippen molar-refractivity contribution in [3.05, 3.63) is 70.0 Å². The normalized spacial score (nSPS) is 10.8. The highest BCUT2D eigenvalue weighted by atomic mass is 16.5. The van der Waals surface area contributed by atoms with Gasteiger partial charge in [0.1, 0.15) is 5.75 Å². The molecule has 2 amide bonds. The van der Waals surface area contributed by atoms with E-state index in [0.29, 0.717) is 30.0 Å². The van der Waals surface area contributed by atoms with Gasteiger partial charge in [-0.2, -0.15) is 0 Å². The summed E-state index contributed by atoms with van der Waals surface area (Å²) in [7, 11) is 1.54. The molecule has 1 aromatic heterocycles. The van der Waals surface area contributed by atoms with Crippen molar-refractivity contribution in [2.45, 2.75) is 26.3 Å². The summed E-state index contributed by atoms with van der Waals surface area (Å²) in [5.41, 5.74) is 2.74. The summed E-state index contributed by atoms with van der Waals surface area (Å²) < 4.78 is 5.29. The molecule has 3 N–H and O–H groups in total. The predicted octanol–water partition coefficient (Wildman–Crippen LogP) is 3.52. The Kier molecular flexibility index (Phi) is 7.08. The average molecular weight is 409 g/mol. The van der Waals surface area contributed by atoms with Crippen molar-refractivity contribution >= 4 is 22.6 Å². The van der Waals surface area contributed by atoms with Crippen LogP contribution in [0.2, 0.25) is 0 Å². The fourth-order valence-corrected chi connectivity index (χ4v) is 3.30. The lowest BCUT2D eigenvalue weighted by molar-refractivity contribution is 0.199. The highest BCUT2D eigenvalue weighted by Crippen LogP contribution is 2.23. The number of urea groups is 1. The van der Waals surface area contributed by atoms with Crippen molar-refractivity contribution in [3.8, 4) is 5.75 Å². The second-order valence-electron chi connectivity index (χ2n) is 7.03. The number of amides is 2. The summed E-state index contributed by atoms with van der Waals surface area (Å²) in [5, 5.41) is 13.0. The first kappa shape index (κ1) is 21.4. The fourth-order valence-electron chi connectivity index (χ4n) is 3.30. The lowest BCUT2D eigenvalue weighted by atomic mass is 10.1. The zero-order valence-corrected chi connectivity index (χ0v) is 17.3. The van der Waals surface area contributed by atoms with E-state index in [2.05, 4.69) is 17.2 Å². The summed E-state index contributed by atoms with van der Waals surface area (Å²) in [4.78, 5) is 29.9. The van der Waals surface area contributed by atoms with E-state index in [4.69, 9.17) is 4.74 Å². The zero-order chi connectivity index (χ0) is 21.5. The van der Waals surface area contributed by atoms with Crippen LogP contribution in [-0.2, 0) is 13.0 Å². The van der Waals surface area contributed by atoms with E-state index in [1.54, 1.807) is 18.2 Å². The number of aromatic nitrogens is 1. The third kappa shape index (κ3) is 4.99. The molecular formula is C23H27N3O4. The number of anilines is 1. The number of aryl methyl sites for hydroxylation is 1. The molecule has 0 saturated heterocycles. The van der Waals surface area contributed by atoms with Gasteiger partial charge in [-0.3, -0.25) is 4.79 Å². The Labute approximate surface area is 175 Å². The number of hydrogen-bond acceptors (Lipinski definition) is 4. The molecular weight excluding hydrogens is 382 g/mol. The number of nitrogens with zero attached hydrogens (tertiary/aromatic N) is 1. The van der Waals surface area contributed by atoms with Crippen LogP contribution in [-0.4, -0.2) is 41.3 Å². The van der Waals surface area contributed by atoms with Crippen LogP contribution in [0.5, 0.6) is 5.75 Å². The van der Waals surface area contributed by atoms with Gasteiger partial charge >= 0.3 is 6.03 Å². The first-order chi connectivity index (χ1) is 14.5. The number of para-hydroxylation sites is 2. The highest BCUT2D eigenvalue weighted by molar-refractivity contribution is 5.91. The second kappa shape index (κ2) is 9.93. The van der Waals surface area contributed by atoms with Gasteiger partial charge < -0.3 is 25.0 Å². The van der Waals surface area contributed by atoms with Gasteiger partial charge in [0.15, 0.2) is 0 Å². The van der Waals surface area contributed by atoms with Crippen LogP contribution in [0, 0.1) is 0 Å². The summed E-state index contributed by atoms with van der Waals surface area (Å²) in [5.74, 6) is 0.545. The lowest BCUT2D eigenvalue weighted by Crippen LogP contribution is -2.37. The van der Waals surface area contributed by atoms with Gasteiger partial charge in [-0.1, -0.05) is 25.1 Å². The lowest BCUT2D eigenvalue weighted by Gasteiger charge is -2.23. The van der Waals surface area contributed by atoms with Crippen molar-refractivity contribution in [3.63, 3.8) is 0 Å². The Morgan fingerprint density at radius 2 is 2.00 bits per heavy atom. The van der Waals surface area contributed by atoms with E-state index in [1.807, 2.05) is 30.3 Å². The molecule has 3 aromatic rings. The predicted molar refractivity (Wildman–Crippen MR) is 118 cm³/mol. The number of hydrogen-bond donors (Lipinski definition) is 3. The van der Waals surface area contributed by atoms with Gasteiger partial charge in [0.25, 0.3) is 5.56 Å². The van der Waals surface area contributed by atoms with Crippen LogP contribution in [0.4, 0.5) is 10.5 Å². The van der Waals surface area contributed by atoms with Gasteiger partial charge in [-0.15, -0.1) is 0 Å². The number of fused-ring (bicyclic) bond motifs is 1. The molecule has 2 aromatic carbocycles. The molecule has 0 fully saturated rings. The van der Waals surface area contributed by atoms with Crippen LogP contribution in [0.1, 0.15) is 24.5 Å². The van der Waals surface area contributed by atoms with Crippen LogP contribution < -0.4 is 15.6 Å². The summed E-state index contributed by atoms with van der Waals surface area (Å²) in [6, 6.07) is 14.5. The molecule has 7 nitrogen and oxygen atoms in total. The third-order valence-corrected chi connectivity index (χ3v) is 4.98. The number of ether oxygens (including phenoxy) is 1. The van der Waals surface area contributed by atoms with Crippen LogP contribution in [0.3, 0.4) is 0 Å². The van der Waals surface area contributed by atoms with Crippen molar-refractivity contribution in [1.82, 2.24) is 9.88 Å². The van der Waals surface area contributed by atoms with Crippen LogP contribution in [0.25, 0.3) is 10.9 Å². The number of methoxy groups -OCH3 is 1. The van der Waals surface area contributed by atoms with Crippen molar-refractivity contribution in [2.24, 2.45) is 0 Å². The molecule has 0 aliphatic rings. The number of benzene rings is 2. The van der Waals surface area contributed by atoms with E-state index in [9.17, 15) is 14.7 Å². The number of aliphatic hydroxyl groups excluding tert-OH is 1. The highest BCUT2D eigenvalue weighted by Gasteiger charge is 2.17. The van der Waals surface area contributed by atoms with E-state index < -0.39 is 0 Å². The minimum atomic E-state index is -0.366. The standard InChI is InChI=1S/C23H27N3O4/c1-3-16-9-10-19-17(13-16)14-18(22(28)24-19)15-26(11-6-12-27)23(29)25-20-7-4-5-8-21(20)30-2/h4-5,7-10,13-14,27H,3,6,11-12,15H2,1-2H3,(H,24,28)(H,25,29). The van der Waals surface area contributed by atoms with Gasteiger partial charge in [0.05, 0.1) is 19.3 Å². The Morgan fingerprint density at radius 3 is 2.73 bits per heavy atom. The van der Waals surface area contributed by atoms with Crippen LogP contribution in [0.15, 0.2) is 53.3 Å². The maximum absolute atomic E-state index is 12.9. The fraction of sp³-hybridized carbons (Fsp3) is 0.304. The Balaban J connectivity index is 1.87. The van der Waals surface area contributed by atoms with Crippen molar-refractivity contribution in [2.75, 3.05) is 25.6 Å². The Bertz CT molecular complexity index is 1080. The molecule has 30 heavy (non-hydrogen) atoms. The summed E-state index contributed by atoms with van der Waals surface area (Å²) in [6.45, 7) is 2.46. The quantitative estimate of drug-likeness (QED) is 0.531. The molecule has 158 valence electrons. The van der Waals surface area contributed by atoms with E-state index in [-0.39, 0.29) is 24.7 Å². The summed E-state index contributed by atoms with van der Waals surface area (Å²) >= 11 is 0. The summed E-state index contributed by atoms with van der Waals surface area (Å²) in [6.07, 6.45) is 1.30. The van der Waals surface area contributed by atoms with E-state index in [1.165, 1.54) is 17.6 Å². The second-order valence-corrected chi connectivity index (χ2v) is 7.03. The molecule has 0 spiro atoms. The smallest absolute Gasteiger partial charge is 0.322 e. The maximum Gasteiger partial charge on any atom is 0.322 e. The van der Waals surface area contributed by atoms with Gasteiger partial charge in [0, 0.05) is 24.2 Å². The van der Waals surface area contributed by atoms with E-state index >= 15 is 0 Å². The topological polar surface area (TPSA) is 94.7 Å². The molecule has 3 rings (SSSR count). The zero-order valence-electron chi connectivity index (χ0n) is 17.3. The minimum Gasteiger partial charge on any atom is -0.495 e. The van der Waals surface area contributed by atoms with Crippen LogP contribution >= 0.6 is 0 Å². The number of carbonyl (C=O) groups is 1. The van der Waals surface area contributed by atoms with Crippen molar-refractivity contribution in [1.29, 1.82) is 0 Å². The largest absolute Gasteiger partial charge is 0.495 e. The van der Waals surface area contributed by atoms with E-state index in [0.717, 1.165) is 17.3 Å². The Morgan fingerprint density at radius 1 is 1.20 bits per heavy atom. The first-order valence-electron chi connectivity index (χ1n) is 10.00. The number of pyridine rings is 1. The number of rotatable bonds is 8. The number of carbonyl (C=O) groups excluding carboxylic acids is 1. The first-order valence-corrected chi connectivity index (χ1v) is 10.00. The minimum absolute atomic E-state index is 0.0492. The molecule has 0 bridgehead atoms. The number of H-pyrrole nitrogens is 1. The molecule has 7 heteroatoms. The van der Waals surface area contributed by atoms with Gasteiger partial charge in [0.2, 0.25) is 0 Å². The number of aromatic amines is 1. The molecule has 0 aliphatic carbocycles. The average Bonchev–Trinajstić information content (AvgIpc) is 2.76. The number of nitrogens with one attached hydrogen (secondary N) is 2. The maximum atomic E-state index is 12.9. The molecule has 0 saturated carbocycles. The van der Waals surface area contributed by atoms with Crippen molar-refractivity contribution < 1.29 is 14.6 Å². The molecule has 0 unspecified atom stereocenters. The van der Waals surface area contributed by atoms with Gasteiger partial charge in [-0.25, -0.2) is 4.79 Å². The molecule has 0 atom stereocenters. The molecule has 0 radical (unpaired) electrons. The monoisotopic (exact) mass is 409 g/mol. The number of aliphatic hydroxyl groups is 1. The molecule has 0 aliphatic heterocycles. The Hall–Kier alpha value is -3.32. The third-order valence-electron chi connectivity index (χ3n) is 4.98. The SMILES string of the molecule is CCc1ccc2[nH]c(=O)c(CN(CCCO)C(=O)Nc3ccccc3OC)cc2c1.